The van der Waals surface area contributed by atoms with Gasteiger partial charge in [-0.3, -0.25) is 4.89 Å². The molecule has 11 N–H and O–H groups in total. The second-order valence-corrected chi connectivity index (χ2v) is 3.19. The van der Waals surface area contributed by atoms with E-state index in [1.54, 1.807) is 11.0 Å². The normalized spacial score (nSPS) is 16.9. The van der Waals surface area contributed by atoms with Gasteiger partial charge in [0.2, 0.25) is 11.9 Å². The number of hydrogen-bond acceptors (Lipinski definition) is 7. The van der Waals surface area contributed by atoms with Crippen LogP contribution in [0.1, 0.15) is 0 Å². The first-order valence-corrected chi connectivity index (χ1v) is 4.69. The van der Waals surface area contributed by atoms with E-state index in [2.05, 4.69) is 31.1 Å². The van der Waals surface area contributed by atoms with Crippen molar-refractivity contribution in [2.75, 3.05) is 0 Å². The molecule has 0 heterocycles. The van der Waals surface area contributed by atoms with Crippen LogP contribution in [0.15, 0.2) is 10.2 Å². The van der Waals surface area contributed by atoms with Gasteiger partial charge in [0.1, 0.15) is 0 Å². The van der Waals surface area contributed by atoms with Crippen molar-refractivity contribution in [2.24, 2.45) is 33.4 Å². The fraction of sp³-hybridized carbons (Fsp3) is 0. The number of nitrogens with one attached hydrogen (secondary N) is 2. The minimum absolute atomic E-state index is 0.437. The highest BCUT2D eigenvalue weighted by molar-refractivity contribution is 7.47. The number of hydroxylamine groups is 2. The van der Waals surface area contributed by atoms with E-state index in [1.807, 2.05) is 0 Å². The van der Waals surface area contributed by atoms with Crippen molar-refractivity contribution in [3.8, 4) is 0 Å². The van der Waals surface area contributed by atoms with Gasteiger partial charge in [-0.2, -0.15) is 9.25 Å². The lowest BCUT2D eigenvalue weighted by molar-refractivity contribution is 0.103. The molecule has 0 bridgehead atoms. The molecule has 0 aliphatic carbocycles. The summed E-state index contributed by atoms with van der Waals surface area (Å²) < 4.78 is 19.1. The number of hydrazone groups is 2. The van der Waals surface area contributed by atoms with Crippen molar-refractivity contribution in [3.05, 3.63) is 0 Å². The number of nitrogens with two attached hydrogens (primary N) is 4. The number of phosphoric acid groups is 1. The Morgan fingerprint density at radius 2 is 1.47 bits per heavy atom. The van der Waals surface area contributed by atoms with E-state index in [0.29, 0.717) is 0 Å². The molecule has 0 atom stereocenters. The minimum Gasteiger partial charge on any atom is -0.367 e. The summed E-state index contributed by atoms with van der Waals surface area (Å²) in [6.07, 6.45) is 0. The van der Waals surface area contributed by atoms with Crippen molar-refractivity contribution in [1.29, 1.82) is 0 Å². The highest BCUT2D eigenvalue weighted by Crippen LogP contribution is 2.40. The lowest BCUT2D eigenvalue weighted by atomic mass is 11.1. The van der Waals surface area contributed by atoms with E-state index < -0.39 is 19.7 Å². The summed E-state index contributed by atoms with van der Waals surface area (Å²) in [5.74, 6) is 8.49. The standard InChI is InChI=1S/C2H11N8O4P/c3-1(7-5)9-13-15(11,12)14-10-2(4)8-6/h5-6H2,(H,11,12)(H3,3,7,9)(H3,4,8,10). The number of hydrogen-bond donors (Lipinski definition) is 7. The molecule has 0 aromatic heterocycles. The van der Waals surface area contributed by atoms with Crippen molar-refractivity contribution >= 4 is 19.7 Å². The highest BCUT2D eigenvalue weighted by atomic mass is 31.2. The summed E-state index contributed by atoms with van der Waals surface area (Å²) in [4.78, 5) is 8.89. The third-order valence-corrected chi connectivity index (χ3v) is 1.45. The first-order valence-electron chi connectivity index (χ1n) is 3.20. The molecule has 0 fully saturated rings. The van der Waals surface area contributed by atoms with Gasteiger partial charge in [0.05, 0.1) is 0 Å². The Balaban J connectivity index is 4.03. The Labute approximate surface area is 83.8 Å². The molecule has 0 aliphatic rings. The summed E-state index contributed by atoms with van der Waals surface area (Å²) >= 11 is 0. The molecule has 88 valence electrons. The summed E-state index contributed by atoms with van der Waals surface area (Å²) in [7, 11) is -4.48. The van der Waals surface area contributed by atoms with E-state index in [0.717, 1.165) is 0 Å². The van der Waals surface area contributed by atoms with E-state index in [1.165, 1.54) is 0 Å². The van der Waals surface area contributed by atoms with Crippen LogP contribution < -0.4 is 34.1 Å². The van der Waals surface area contributed by atoms with Crippen LogP contribution in [0, 0.1) is 0 Å². The van der Waals surface area contributed by atoms with E-state index in [-0.39, 0.29) is 0 Å². The molecule has 0 unspecified atom stereocenters. The Morgan fingerprint density at radius 3 is 1.73 bits per heavy atom. The molecule has 0 aromatic carbocycles. The maximum atomic E-state index is 10.9. The third kappa shape index (κ3) is 6.34. The number of guanidine groups is 2. The molecular formula is C2H11N8O4P. The van der Waals surface area contributed by atoms with E-state index >= 15 is 0 Å². The van der Waals surface area contributed by atoms with Crippen LogP contribution in [0.2, 0.25) is 0 Å². The van der Waals surface area contributed by atoms with Gasteiger partial charge in [0, 0.05) is 0 Å². The monoisotopic (exact) mass is 242 g/mol. The van der Waals surface area contributed by atoms with Crippen LogP contribution in [-0.2, 0) is 13.8 Å². The largest absolute Gasteiger partial charge is 0.515 e. The van der Waals surface area contributed by atoms with Crippen LogP contribution in [0.25, 0.3) is 0 Å². The molecule has 0 saturated carbocycles. The Hall–Kier alpha value is -1.75. The zero-order valence-electron chi connectivity index (χ0n) is 7.32. The Kier molecular flexibility index (Phi) is 5.19. The highest BCUT2D eigenvalue weighted by Gasteiger charge is 2.23. The van der Waals surface area contributed by atoms with Crippen LogP contribution in [0.4, 0.5) is 0 Å². The molecule has 0 amide bonds. The fourth-order valence-electron chi connectivity index (χ4n) is 0.280. The molecule has 0 aromatic rings. The van der Waals surface area contributed by atoms with Gasteiger partial charge in [-0.15, -0.1) is 10.2 Å². The smallest absolute Gasteiger partial charge is 0.367 e. The predicted octanol–water partition coefficient (Wildman–Crippen LogP) is -3.49. The number of nitrogens with zero attached hydrogens (tertiary/aromatic N) is 2. The number of rotatable bonds is 4. The molecule has 0 spiro atoms. The lowest BCUT2D eigenvalue weighted by Gasteiger charge is -2.11. The first kappa shape index (κ1) is 13.2. The average Bonchev–Trinajstić information content (AvgIpc) is 2.22. The molecule has 0 saturated heterocycles. The van der Waals surface area contributed by atoms with Gasteiger partial charge in [-0.1, -0.05) is 0 Å². The maximum Gasteiger partial charge on any atom is 0.515 e. The SMILES string of the molecule is NN=C(N)NOP(=O)(O)ONC(N)=NN. The average molecular weight is 242 g/mol. The van der Waals surface area contributed by atoms with Gasteiger partial charge < -0.3 is 23.2 Å². The summed E-state index contributed by atoms with van der Waals surface area (Å²) in [6.45, 7) is 0. The zero-order valence-corrected chi connectivity index (χ0v) is 8.22. The molecule has 13 heteroatoms. The molecule has 0 radical (unpaired) electrons. The molecule has 15 heavy (non-hydrogen) atoms. The van der Waals surface area contributed by atoms with Gasteiger partial charge in [0.25, 0.3) is 0 Å². The molecule has 12 nitrogen and oxygen atoms in total. The van der Waals surface area contributed by atoms with E-state index in [9.17, 15) is 4.57 Å². The molecule has 0 aliphatic heterocycles. The van der Waals surface area contributed by atoms with Crippen molar-refractivity contribution in [3.63, 3.8) is 0 Å². The summed E-state index contributed by atoms with van der Waals surface area (Å²) in [5.41, 5.74) is 13.4. The van der Waals surface area contributed by atoms with Gasteiger partial charge in [-0.05, 0) is 0 Å². The van der Waals surface area contributed by atoms with Crippen molar-refractivity contribution < 1.29 is 18.7 Å². The topological polar surface area (TPSA) is 209 Å². The van der Waals surface area contributed by atoms with Crippen molar-refractivity contribution in [1.82, 2.24) is 11.0 Å². The minimum atomic E-state index is -4.48. The zero-order chi connectivity index (χ0) is 11.9. The van der Waals surface area contributed by atoms with Gasteiger partial charge >= 0.3 is 7.82 Å². The van der Waals surface area contributed by atoms with Crippen LogP contribution in [0.5, 0.6) is 0 Å². The summed E-state index contributed by atoms with van der Waals surface area (Å²) in [5, 5.41) is 5.77. The van der Waals surface area contributed by atoms with E-state index in [4.69, 9.17) is 16.4 Å². The molecular weight excluding hydrogens is 231 g/mol. The second kappa shape index (κ2) is 5.87. The van der Waals surface area contributed by atoms with Crippen LogP contribution >= 0.6 is 7.82 Å². The van der Waals surface area contributed by atoms with Gasteiger partial charge in [0.15, 0.2) is 0 Å². The van der Waals surface area contributed by atoms with Crippen molar-refractivity contribution in [2.45, 2.75) is 0 Å². The van der Waals surface area contributed by atoms with Crippen LogP contribution in [-0.4, -0.2) is 16.8 Å². The van der Waals surface area contributed by atoms with Crippen LogP contribution in [0.3, 0.4) is 0 Å². The third-order valence-electron chi connectivity index (χ3n) is 0.809. The first-order chi connectivity index (χ1) is 6.91. The predicted molar refractivity (Wildman–Crippen MR) is 49.9 cm³/mol. The lowest BCUT2D eigenvalue weighted by Crippen LogP contribution is -2.35. The van der Waals surface area contributed by atoms with Gasteiger partial charge in [-0.25, -0.2) is 15.5 Å². The Morgan fingerprint density at radius 1 is 1.13 bits per heavy atom. The summed E-state index contributed by atoms with van der Waals surface area (Å²) in [6, 6.07) is 0. The maximum absolute atomic E-state index is 10.9. The quantitative estimate of drug-likeness (QED) is 0.0849. The second-order valence-electron chi connectivity index (χ2n) is 1.88. The molecule has 0 rings (SSSR count). The Bertz CT molecular complexity index is 275. The fourth-order valence-corrected chi connectivity index (χ4v) is 0.735.